The summed E-state index contributed by atoms with van der Waals surface area (Å²) in [6.07, 6.45) is 0.517. The van der Waals surface area contributed by atoms with Crippen molar-refractivity contribution in [3.8, 4) is 0 Å². The van der Waals surface area contributed by atoms with Gasteiger partial charge in [0.05, 0.1) is 35.2 Å². The second-order valence-electron chi connectivity index (χ2n) is 7.84. The number of hydrogen-bond acceptors (Lipinski definition) is 7. The van der Waals surface area contributed by atoms with E-state index in [4.69, 9.17) is 32.7 Å². The Kier molecular flexibility index (Phi) is 9.26. The number of nitrogens with one attached hydrogen (secondary N) is 2. The molecule has 0 radical (unpaired) electrons. The van der Waals surface area contributed by atoms with Crippen molar-refractivity contribution in [2.24, 2.45) is 5.92 Å². The Bertz CT molecular complexity index is 1170. The second kappa shape index (κ2) is 12.4. The number of halogens is 2. The van der Waals surface area contributed by atoms with Gasteiger partial charge >= 0.3 is 11.9 Å². The Labute approximate surface area is 216 Å². The summed E-state index contributed by atoms with van der Waals surface area (Å²) >= 11 is 11.8. The third-order valence-electron chi connectivity index (χ3n) is 5.06. The van der Waals surface area contributed by atoms with Crippen LogP contribution in [-0.2, 0) is 23.9 Å². The fourth-order valence-electron chi connectivity index (χ4n) is 3.25. The summed E-state index contributed by atoms with van der Waals surface area (Å²) in [5.41, 5.74) is 3.26. The topological polar surface area (TPSA) is 131 Å². The highest BCUT2D eigenvalue weighted by molar-refractivity contribution is 6.36. The number of benzene rings is 2. The maximum Gasteiger partial charge on any atom is 0.338 e. The zero-order valence-electron chi connectivity index (χ0n) is 19.2. The minimum absolute atomic E-state index is 0.111. The van der Waals surface area contributed by atoms with E-state index < -0.39 is 42.2 Å². The van der Waals surface area contributed by atoms with Crippen LogP contribution >= 0.6 is 23.2 Å². The molecule has 1 heterocycles. The largest absolute Gasteiger partial charge is 0.462 e. The van der Waals surface area contributed by atoms with Gasteiger partial charge in [0, 0.05) is 17.1 Å². The molecule has 1 atom stereocenters. The molecule has 0 unspecified atom stereocenters. The zero-order chi connectivity index (χ0) is 26.2. The molecule has 0 spiro atoms. The highest BCUT2D eigenvalue weighted by atomic mass is 35.5. The molecule has 1 saturated heterocycles. The molecule has 2 aromatic rings. The van der Waals surface area contributed by atoms with Crippen molar-refractivity contribution in [1.82, 2.24) is 10.4 Å². The summed E-state index contributed by atoms with van der Waals surface area (Å²) in [6.45, 7) is 1.51. The number of rotatable bonds is 9. The molecule has 190 valence electrons. The summed E-state index contributed by atoms with van der Waals surface area (Å²) in [5.74, 6) is -3.80. The summed E-state index contributed by atoms with van der Waals surface area (Å²) in [4.78, 5) is 61.0. The van der Waals surface area contributed by atoms with Gasteiger partial charge in [-0.3, -0.25) is 29.6 Å². The third-order valence-corrected chi connectivity index (χ3v) is 5.61. The molecule has 10 nitrogen and oxygen atoms in total. The minimum Gasteiger partial charge on any atom is -0.462 e. The predicted molar refractivity (Wildman–Crippen MR) is 130 cm³/mol. The quantitative estimate of drug-likeness (QED) is 0.471. The van der Waals surface area contributed by atoms with E-state index in [0.717, 1.165) is 5.01 Å². The normalized spacial score (nSPS) is 14.8. The molecule has 3 rings (SSSR count). The number of esters is 2. The Hall–Kier alpha value is -3.63. The number of nitrogens with zero attached hydrogens (tertiary/aromatic N) is 1. The number of carbonyl (C=O) groups excluding carboxylic acids is 5. The lowest BCUT2D eigenvalue weighted by molar-refractivity contribution is -0.151. The highest BCUT2D eigenvalue weighted by Crippen LogP contribution is 2.22. The van der Waals surface area contributed by atoms with Gasteiger partial charge in [0.1, 0.15) is 0 Å². The molecule has 3 amide bonds. The van der Waals surface area contributed by atoms with E-state index in [9.17, 15) is 24.0 Å². The number of carbonyl (C=O) groups is 5. The molecular formula is C24H23Cl2N3O7. The first-order valence-electron chi connectivity index (χ1n) is 11.0. The molecule has 36 heavy (non-hydrogen) atoms. The predicted octanol–water partition coefficient (Wildman–Crippen LogP) is 3.24. The summed E-state index contributed by atoms with van der Waals surface area (Å²) < 4.78 is 10.1. The van der Waals surface area contributed by atoms with E-state index >= 15 is 0 Å². The molecule has 2 aromatic carbocycles. The van der Waals surface area contributed by atoms with Gasteiger partial charge in [0.2, 0.25) is 5.91 Å². The molecule has 1 aliphatic rings. The molecule has 0 bridgehead atoms. The van der Waals surface area contributed by atoms with Crippen LogP contribution in [0.4, 0.5) is 5.69 Å². The Morgan fingerprint density at radius 1 is 1.06 bits per heavy atom. The van der Waals surface area contributed by atoms with Crippen molar-refractivity contribution in [3.05, 3.63) is 63.6 Å². The van der Waals surface area contributed by atoms with Gasteiger partial charge < -0.3 is 14.8 Å². The fourth-order valence-corrected chi connectivity index (χ4v) is 3.74. The van der Waals surface area contributed by atoms with Crippen LogP contribution in [0.3, 0.4) is 0 Å². The van der Waals surface area contributed by atoms with Crippen LogP contribution in [0, 0.1) is 5.92 Å². The van der Waals surface area contributed by atoms with Crippen LogP contribution in [0.15, 0.2) is 42.5 Å². The number of ether oxygens (including phenoxy) is 2. The fraction of sp³-hybridized carbons (Fsp3) is 0.292. The van der Waals surface area contributed by atoms with Gasteiger partial charge in [0.15, 0.2) is 6.61 Å². The number of hydrazine groups is 1. The molecular weight excluding hydrogens is 513 g/mol. The van der Waals surface area contributed by atoms with E-state index in [0.29, 0.717) is 29.3 Å². The number of hydrogen-bond donors (Lipinski definition) is 2. The maximum absolute atomic E-state index is 12.4. The molecule has 1 aliphatic heterocycles. The first-order chi connectivity index (χ1) is 17.2. The van der Waals surface area contributed by atoms with Crippen LogP contribution in [0.5, 0.6) is 0 Å². The minimum atomic E-state index is -0.861. The van der Waals surface area contributed by atoms with Crippen LogP contribution in [0.25, 0.3) is 0 Å². The van der Waals surface area contributed by atoms with Crippen LogP contribution < -0.4 is 10.7 Å². The summed E-state index contributed by atoms with van der Waals surface area (Å²) in [5, 5.41) is 4.01. The number of amides is 3. The lowest BCUT2D eigenvalue weighted by atomic mass is 10.1. The van der Waals surface area contributed by atoms with Crippen LogP contribution in [-0.4, -0.2) is 54.4 Å². The maximum atomic E-state index is 12.4. The summed E-state index contributed by atoms with van der Waals surface area (Å²) in [6, 6.07) is 10.3. The van der Waals surface area contributed by atoms with Crippen LogP contribution in [0.1, 0.15) is 40.5 Å². The van der Waals surface area contributed by atoms with E-state index in [1.165, 1.54) is 42.5 Å². The van der Waals surface area contributed by atoms with Crippen molar-refractivity contribution in [3.63, 3.8) is 0 Å². The average Bonchev–Trinajstić information content (AvgIpc) is 3.21. The van der Waals surface area contributed by atoms with E-state index in [1.54, 1.807) is 0 Å². The van der Waals surface area contributed by atoms with Crippen molar-refractivity contribution in [2.45, 2.75) is 19.8 Å². The van der Waals surface area contributed by atoms with Crippen molar-refractivity contribution in [1.29, 1.82) is 0 Å². The number of anilines is 1. The lowest BCUT2D eigenvalue weighted by Gasteiger charge is -2.18. The van der Waals surface area contributed by atoms with Gasteiger partial charge in [0.25, 0.3) is 11.8 Å². The van der Waals surface area contributed by atoms with Crippen molar-refractivity contribution >= 4 is 58.5 Å². The summed E-state index contributed by atoms with van der Waals surface area (Å²) in [7, 11) is 0. The zero-order valence-corrected chi connectivity index (χ0v) is 20.7. The lowest BCUT2D eigenvalue weighted by Crippen LogP contribution is -2.43. The smallest absolute Gasteiger partial charge is 0.338 e. The van der Waals surface area contributed by atoms with Gasteiger partial charge in [-0.05, 0) is 48.9 Å². The van der Waals surface area contributed by atoms with E-state index in [2.05, 4.69) is 10.7 Å². The Balaban J connectivity index is 1.46. The molecule has 1 fully saturated rings. The molecule has 2 N–H and O–H groups in total. The average molecular weight is 536 g/mol. The van der Waals surface area contributed by atoms with Crippen molar-refractivity contribution < 1.29 is 33.4 Å². The van der Waals surface area contributed by atoms with Gasteiger partial charge in [-0.2, -0.15) is 0 Å². The van der Waals surface area contributed by atoms with Gasteiger partial charge in [-0.15, -0.1) is 0 Å². The highest BCUT2D eigenvalue weighted by Gasteiger charge is 2.37. The van der Waals surface area contributed by atoms with E-state index in [-0.39, 0.29) is 23.6 Å². The molecule has 0 saturated carbocycles. The van der Waals surface area contributed by atoms with Gasteiger partial charge in [-0.25, -0.2) is 4.79 Å². The first-order valence-corrected chi connectivity index (χ1v) is 11.7. The molecule has 0 aliphatic carbocycles. The Morgan fingerprint density at radius 2 is 1.78 bits per heavy atom. The molecule has 0 aromatic heterocycles. The standard InChI is InChI=1S/C24H23Cl2N3O7/c1-2-9-35-23(33)14-3-6-17(7-4-14)27-20(30)13-36-24(34)15-10-21(31)29(12-15)28-22(32)18-8-5-16(25)11-19(18)26/h3-8,11,15H,2,9-10,12-13H2,1H3,(H,27,30)(H,28,32)/t15-/m1/s1. The van der Waals surface area contributed by atoms with E-state index in [1.807, 2.05) is 6.92 Å². The van der Waals surface area contributed by atoms with Gasteiger partial charge in [-0.1, -0.05) is 30.1 Å². The second-order valence-corrected chi connectivity index (χ2v) is 8.68. The Morgan fingerprint density at radius 3 is 2.44 bits per heavy atom. The monoisotopic (exact) mass is 535 g/mol. The van der Waals surface area contributed by atoms with Crippen LogP contribution in [0.2, 0.25) is 10.0 Å². The van der Waals surface area contributed by atoms with Crippen molar-refractivity contribution in [2.75, 3.05) is 25.1 Å². The molecule has 12 heteroatoms. The SMILES string of the molecule is CCCOC(=O)c1ccc(NC(=O)COC(=O)[C@@H]2CC(=O)N(NC(=O)c3ccc(Cl)cc3Cl)C2)cc1. The third kappa shape index (κ3) is 7.19. The first kappa shape index (κ1) is 27.0.